The van der Waals surface area contributed by atoms with Crippen LogP contribution in [0.15, 0.2) is 12.1 Å². The third kappa shape index (κ3) is 4.79. The van der Waals surface area contributed by atoms with Gasteiger partial charge < -0.3 is 16.4 Å². The van der Waals surface area contributed by atoms with Crippen LogP contribution >= 0.6 is 0 Å². The SMILES string of the molecule is Cc1cc(C)c(NC(=O)CNC(=O)C[C@@H]2CCC[C@H]2N)c(C)c1. The second-order valence-electron chi connectivity index (χ2n) is 6.66. The summed E-state index contributed by atoms with van der Waals surface area (Å²) in [6, 6.07) is 4.18. The lowest BCUT2D eigenvalue weighted by atomic mass is 10.00. The van der Waals surface area contributed by atoms with Crippen LogP contribution < -0.4 is 16.4 Å². The summed E-state index contributed by atoms with van der Waals surface area (Å²) in [6.07, 6.45) is 3.50. The van der Waals surface area contributed by atoms with E-state index >= 15 is 0 Å². The molecule has 0 aliphatic heterocycles. The van der Waals surface area contributed by atoms with Gasteiger partial charge >= 0.3 is 0 Å². The number of hydrogen-bond acceptors (Lipinski definition) is 3. The van der Waals surface area contributed by atoms with E-state index in [0.717, 1.165) is 36.1 Å². The molecule has 0 radical (unpaired) electrons. The smallest absolute Gasteiger partial charge is 0.243 e. The van der Waals surface area contributed by atoms with E-state index in [0.29, 0.717) is 6.42 Å². The van der Waals surface area contributed by atoms with Crippen LogP contribution in [0.25, 0.3) is 0 Å². The molecule has 1 aromatic carbocycles. The second kappa shape index (κ2) is 7.59. The molecule has 0 saturated heterocycles. The van der Waals surface area contributed by atoms with Crippen molar-refractivity contribution in [2.24, 2.45) is 11.7 Å². The number of benzene rings is 1. The largest absolute Gasteiger partial charge is 0.347 e. The molecule has 23 heavy (non-hydrogen) atoms. The maximum atomic E-state index is 12.1. The highest BCUT2D eigenvalue weighted by Crippen LogP contribution is 2.26. The van der Waals surface area contributed by atoms with Crippen LogP contribution in [0.5, 0.6) is 0 Å². The third-order valence-electron chi connectivity index (χ3n) is 4.55. The lowest BCUT2D eigenvalue weighted by Gasteiger charge is -2.15. The molecule has 1 fully saturated rings. The van der Waals surface area contributed by atoms with Gasteiger partial charge in [-0.3, -0.25) is 9.59 Å². The average molecular weight is 317 g/mol. The molecule has 1 aliphatic carbocycles. The normalized spacial score (nSPS) is 20.3. The minimum absolute atomic E-state index is 0.00640. The van der Waals surface area contributed by atoms with Crippen molar-refractivity contribution in [3.63, 3.8) is 0 Å². The van der Waals surface area contributed by atoms with Crippen molar-refractivity contribution in [1.82, 2.24) is 5.32 Å². The lowest BCUT2D eigenvalue weighted by Crippen LogP contribution is -2.36. The van der Waals surface area contributed by atoms with Crippen LogP contribution in [0.1, 0.15) is 42.4 Å². The van der Waals surface area contributed by atoms with E-state index in [2.05, 4.69) is 10.6 Å². The van der Waals surface area contributed by atoms with Crippen molar-refractivity contribution in [3.8, 4) is 0 Å². The number of amides is 2. The minimum atomic E-state index is -0.205. The Balaban J connectivity index is 1.82. The number of carbonyl (C=O) groups is 2. The number of aryl methyl sites for hydroxylation is 3. The number of nitrogens with two attached hydrogens (primary N) is 1. The minimum Gasteiger partial charge on any atom is -0.347 e. The van der Waals surface area contributed by atoms with E-state index in [9.17, 15) is 9.59 Å². The van der Waals surface area contributed by atoms with E-state index in [-0.39, 0.29) is 30.3 Å². The molecule has 1 aliphatic rings. The Morgan fingerprint density at radius 3 is 2.35 bits per heavy atom. The van der Waals surface area contributed by atoms with Gasteiger partial charge in [0.2, 0.25) is 11.8 Å². The Morgan fingerprint density at radius 2 is 1.78 bits per heavy atom. The molecule has 4 N–H and O–H groups in total. The first kappa shape index (κ1) is 17.5. The fourth-order valence-electron chi connectivity index (χ4n) is 3.37. The zero-order valence-electron chi connectivity index (χ0n) is 14.2. The van der Waals surface area contributed by atoms with E-state index in [1.807, 2.05) is 32.9 Å². The molecular formula is C18H27N3O2. The van der Waals surface area contributed by atoms with Gasteiger partial charge in [-0.05, 0) is 50.7 Å². The molecule has 0 aromatic heterocycles. The van der Waals surface area contributed by atoms with Gasteiger partial charge in [0.05, 0.1) is 6.54 Å². The predicted molar refractivity (Wildman–Crippen MR) is 92.2 cm³/mol. The van der Waals surface area contributed by atoms with E-state index in [4.69, 9.17) is 5.73 Å². The highest BCUT2D eigenvalue weighted by molar-refractivity contribution is 5.95. The van der Waals surface area contributed by atoms with Gasteiger partial charge in [0, 0.05) is 18.2 Å². The maximum Gasteiger partial charge on any atom is 0.243 e. The Labute approximate surface area is 138 Å². The maximum absolute atomic E-state index is 12.1. The van der Waals surface area contributed by atoms with Crippen molar-refractivity contribution in [1.29, 1.82) is 0 Å². The molecule has 0 heterocycles. The summed E-state index contributed by atoms with van der Waals surface area (Å²) in [7, 11) is 0. The highest BCUT2D eigenvalue weighted by Gasteiger charge is 2.26. The van der Waals surface area contributed by atoms with Gasteiger partial charge in [0.1, 0.15) is 0 Å². The molecular weight excluding hydrogens is 290 g/mol. The molecule has 1 saturated carbocycles. The van der Waals surface area contributed by atoms with Gasteiger partial charge in [0.25, 0.3) is 0 Å². The Bertz CT molecular complexity index is 575. The monoisotopic (exact) mass is 317 g/mol. The first-order valence-electron chi connectivity index (χ1n) is 8.27. The number of carbonyl (C=O) groups excluding carboxylic acids is 2. The Hall–Kier alpha value is -1.88. The quantitative estimate of drug-likeness (QED) is 0.778. The summed E-state index contributed by atoms with van der Waals surface area (Å²) < 4.78 is 0. The van der Waals surface area contributed by atoms with Gasteiger partial charge in [0.15, 0.2) is 0 Å². The zero-order chi connectivity index (χ0) is 17.0. The van der Waals surface area contributed by atoms with Crippen molar-refractivity contribution in [2.75, 3.05) is 11.9 Å². The fourth-order valence-corrected chi connectivity index (χ4v) is 3.37. The zero-order valence-corrected chi connectivity index (χ0v) is 14.2. The van der Waals surface area contributed by atoms with Crippen LogP contribution in [0.4, 0.5) is 5.69 Å². The molecule has 2 rings (SSSR count). The van der Waals surface area contributed by atoms with E-state index < -0.39 is 0 Å². The second-order valence-corrected chi connectivity index (χ2v) is 6.66. The van der Waals surface area contributed by atoms with Crippen molar-refractivity contribution in [3.05, 3.63) is 28.8 Å². The van der Waals surface area contributed by atoms with E-state index in [1.165, 1.54) is 5.56 Å². The van der Waals surface area contributed by atoms with E-state index in [1.54, 1.807) is 0 Å². The standard InChI is InChI=1S/C18H27N3O2/c1-11-7-12(2)18(13(3)8-11)21-17(23)10-20-16(22)9-14-5-4-6-15(14)19/h7-8,14-15H,4-6,9-10,19H2,1-3H3,(H,20,22)(H,21,23)/t14-,15+/m0/s1. The van der Waals surface area contributed by atoms with Crippen LogP contribution in [0.3, 0.4) is 0 Å². The summed E-state index contributed by atoms with van der Waals surface area (Å²) in [5.41, 5.74) is 10.0. The number of rotatable bonds is 5. The number of anilines is 1. The molecule has 0 spiro atoms. The summed E-state index contributed by atoms with van der Waals surface area (Å²) in [5, 5.41) is 5.58. The van der Waals surface area contributed by atoms with Crippen molar-refractivity contribution < 1.29 is 9.59 Å². The summed E-state index contributed by atoms with van der Waals surface area (Å²) in [6.45, 7) is 5.96. The van der Waals surface area contributed by atoms with Gasteiger partial charge in [-0.2, -0.15) is 0 Å². The van der Waals surface area contributed by atoms with Crippen molar-refractivity contribution >= 4 is 17.5 Å². The molecule has 5 nitrogen and oxygen atoms in total. The molecule has 0 unspecified atom stereocenters. The van der Waals surface area contributed by atoms with Crippen molar-refractivity contribution in [2.45, 2.75) is 52.5 Å². The first-order chi connectivity index (χ1) is 10.9. The topological polar surface area (TPSA) is 84.2 Å². The van der Waals surface area contributed by atoms with Gasteiger partial charge in [-0.15, -0.1) is 0 Å². The molecule has 126 valence electrons. The third-order valence-corrected chi connectivity index (χ3v) is 4.55. The van der Waals surface area contributed by atoms with Crippen LogP contribution in [0.2, 0.25) is 0 Å². The predicted octanol–water partition coefficient (Wildman–Crippen LogP) is 2.18. The summed E-state index contributed by atoms with van der Waals surface area (Å²) in [5.74, 6) is -0.0522. The van der Waals surface area contributed by atoms with Crippen LogP contribution in [0, 0.1) is 26.7 Å². The molecule has 2 amide bonds. The lowest BCUT2D eigenvalue weighted by molar-refractivity contribution is -0.124. The summed E-state index contributed by atoms with van der Waals surface area (Å²) >= 11 is 0. The van der Waals surface area contributed by atoms with Gasteiger partial charge in [-0.1, -0.05) is 24.1 Å². The molecule has 5 heteroatoms. The first-order valence-corrected chi connectivity index (χ1v) is 8.27. The summed E-state index contributed by atoms with van der Waals surface area (Å²) in [4.78, 5) is 24.0. The molecule has 2 atom stereocenters. The number of nitrogens with one attached hydrogen (secondary N) is 2. The fraction of sp³-hybridized carbons (Fsp3) is 0.556. The Kier molecular flexibility index (Phi) is 5.77. The highest BCUT2D eigenvalue weighted by atomic mass is 16.2. The average Bonchev–Trinajstić information content (AvgIpc) is 2.86. The van der Waals surface area contributed by atoms with Crippen LogP contribution in [-0.2, 0) is 9.59 Å². The van der Waals surface area contributed by atoms with Crippen LogP contribution in [-0.4, -0.2) is 24.4 Å². The van der Waals surface area contributed by atoms with Gasteiger partial charge in [-0.25, -0.2) is 0 Å². The Morgan fingerprint density at radius 1 is 1.13 bits per heavy atom. The number of hydrogen-bond donors (Lipinski definition) is 3. The molecule has 1 aromatic rings. The molecule has 0 bridgehead atoms.